The molecule has 1 aliphatic rings. The van der Waals surface area contributed by atoms with Gasteiger partial charge in [-0.15, -0.1) is 10.2 Å². The topological polar surface area (TPSA) is 55.0 Å². The molecule has 1 fully saturated rings. The predicted molar refractivity (Wildman–Crippen MR) is 53.4 cm³/mol. The van der Waals surface area contributed by atoms with Crippen molar-refractivity contribution in [2.45, 2.75) is 32.4 Å². The minimum atomic E-state index is 0.571. The van der Waals surface area contributed by atoms with E-state index in [4.69, 9.17) is 5.73 Å². The molecule has 0 amide bonds. The molecular weight excluding hydrogens is 184 g/mol. The molecule has 1 aromatic heterocycles. The van der Waals surface area contributed by atoms with Crippen molar-refractivity contribution in [3.8, 4) is 0 Å². The van der Waals surface area contributed by atoms with Gasteiger partial charge in [0.25, 0.3) is 0 Å². The molecule has 5 heteroatoms. The lowest BCUT2D eigenvalue weighted by molar-refractivity contribution is 0.259. The zero-order valence-corrected chi connectivity index (χ0v) is 8.55. The summed E-state index contributed by atoms with van der Waals surface area (Å²) in [5.41, 5.74) is 5.51. The Morgan fingerprint density at radius 3 is 3.00 bits per heavy atom. The maximum Gasteiger partial charge on any atom is 0.203 e. The lowest BCUT2D eigenvalue weighted by Gasteiger charge is -2.18. The van der Waals surface area contributed by atoms with Crippen LogP contribution in [-0.4, -0.2) is 27.7 Å². The first-order valence-corrected chi connectivity index (χ1v) is 5.39. The third-order valence-corrected chi connectivity index (χ3v) is 3.25. The van der Waals surface area contributed by atoms with Gasteiger partial charge in [0.2, 0.25) is 5.13 Å². The monoisotopic (exact) mass is 198 g/mol. The Morgan fingerprint density at radius 2 is 2.46 bits per heavy atom. The van der Waals surface area contributed by atoms with E-state index in [9.17, 15) is 0 Å². The summed E-state index contributed by atoms with van der Waals surface area (Å²) in [5.74, 6) is 0. The Kier molecular flexibility index (Phi) is 2.46. The number of aromatic nitrogens is 2. The summed E-state index contributed by atoms with van der Waals surface area (Å²) in [5, 5.41) is 9.42. The van der Waals surface area contributed by atoms with Crippen LogP contribution in [0.4, 0.5) is 5.13 Å². The van der Waals surface area contributed by atoms with Crippen molar-refractivity contribution in [1.82, 2.24) is 15.1 Å². The van der Waals surface area contributed by atoms with Gasteiger partial charge in [-0.05, 0) is 26.3 Å². The minimum Gasteiger partial charge on any atom is -0.374 e. The van der Waals surface area contributed by atoms with Crippen LogP contribution in [0.1, 0.15) is 24.8 Å². The van der Waals surface area contributed by atoms with Crippen molar-refractivity contribution >= 4 is 16.5 Å². The first kappa shape index (κ1) is 8.90. The highest BCUT2D eigenvalue weighted by molar-refractivity contribution is 7.15. The van der Waals surface area contributed by atoms with E-state index >= 15 is 0 Å². The van der Waals surface area contributed by atoms with Crippen molar-refractivity contribution in [1.29, 1.82) is 0 Å². The smallest absolute Gasteiger partial charge is 0.203 e. The normalized spacial score (nSPS) is 23.9. The molecule has 2 N–H and O–H groups in total. The van der Waals surface area contributed by atoms with E-state index in [1.807, 2.05) is 0 Å². The fourth-order valence-electron chi connectivity index (χ4n) is 1.73. The van der Waals surface area contributed by atoms with Gasteiger partial charge in [-0.2, -0.15) is 0 Å². The summed E-state index contributed by atoms with van der Waals surface area (Å²) in [4.78, 5) is 2.43. The summed E-state index contributed by atoms with van der Waals surface area (Å²) in [6.45, 7) is 4.36. The third kappa shape index (κ3) is 1.97. The lowest BCUT2D eigenvalue weighted by Crippen LogP contribution is -2.26. The largest absolute Gasteiger partial charge is 0.374 e. The van der Waals surface area contributed by atoms with Crippen molar-refractivity contribution in [3.05, 3.63) is 5.01 Å². The molecule has 1 unspecified atom stereocenters. The van der Waals surface area contributed by atoms with E-state index in [0.29, 0.717) is 11.2 Å². The number of likely N-dealkylation sites (tertiary alicyclic amines) is 1. The average molecular weight is 198 g/mol. The zero-order valence-electron chi connectivity index (χ0n) is 7.73. The molecular formula is C8H14N4S. The first-order chi connectivity index (χ1) is 6.25. The van der Waals surface area contributed by atoms with Crippen molar-refractivity contribution in [2.75, 3.05) is 12.3 Å². The maximum atomic E-state index is 5.51. The van der Waals surface area contributed by atoms with Crippen LogP contribution in [0.15, 0.2) is 0 Å². The molecule has 0 bridgehead atoms. The lowest BCUT2D eigenvalue weighted by atomic mass is 10.2. The van der Waals surface area contributed by atoms with Gasteiger partial charge in [0, 0.05) is 6.04 Å². The van der Waals surface area contributed by atoms with Gasteiger partial charge in [-0.1, -0.05) is 11.3 Å². The maximum absolute atomic E-state index is 5.51. The van der Waals surface area contributed by atoms with E-state index < -0.39 is 0 Å². The summed E-state index contributed by atoms with van der Waals surface area (Å²) in [6.07, 6.45) is 2.60. The van der Waals surface area contributed by atoms with Crippen LogP contribution in [0.2, 0.25) is 0 Å². The fourth-order valence-corrected chi connectivity index (χ4v) is 2.37. The molecule has 1 atom stereocenters. The summed E-state index contributed by atoms with van der Waals surface area (Å²) >= 11 is 1.49. The standard InChI is InChI=1S/C8H14N4S/c1-6-3-2-4-12(6)5-7-10-11-8(9)13-7/h6H,2-5H2,1H3,(H2,9,11). The van der Waals surface area contributed by atoms with Gasteiger partial charge in [0.1, 0.15) is 5.01 Å². The molecule has 0 radical (unpaired) electrons. The molecule has 0 spiro atoms. The van der Waals surface area contributed by atoms with Crippen molar-refractivity contribution in [2.24, 2.45) is 0 Å². The van der Waals surface area contributed by atoms with Crippen LogP contribution in [0.25, 0.3) is 0 Å². The van der Waals surface area contributed by atoms with Crippen LogP contribution in [0, 0.1) is 0 Å². The van der Waals surface area contributed by atoms with Gasteiger partial charge in [-0.3, -0.25) is 4.90 Å². The van der Waals surface area contributed by atoms with E-state index in [1.54, 1.807) is 0 Å². The van der Waals surface area contributed by atoms with Gasteiger partial charge < -0.3 is 5.73 Å². The van der Waals surface area contributed by atoms with E-state index in [0.717, 1.165) is 11.6 Å². The summed E-state index contributed by atoms with van der Waals surface area (Å²) in [6, 6.07) is 0.685. The van der Waals surface area contributed by atoms with Gasteiger partial charge >= 0.3 is 0 Å². The second-order valence-corrected chi connectivity index (χ2v) is 4.59. The average Bonchev–Trinajstić information content (AvgIpc) is 2.64. The Bertz CT molecular complexity index is 285. The molecule has 72 valence electrons. The minimum absolute atomic E-state index is 0.571. The molecule has 1 saturated heterocycles. The van der Waals surface area contributed by atoms with Crippen LogP contribution < -0.4 is 5.73 Å². The third-order valence-electron chi connectivity index (χ3n) is 2.51. The zero-order chi connectivity index (χ0) is 9.26. The highest BCUT2D eigenvalue weighted by atomic mass is 32.1. The van der Waals surface area contributed by atoms with Crippen LogP contribution in [0.5, 0.6) is 0 Å². The van der Waals surface area contributed by atoms with E-state index in [-0.39, 0.29) is 0 Å². The van der Waals surface area contributed by atoms with Gasteiger partial charge in [0.15, 0.2) is 0 Å². The fraction of sp³-hybridized carbons (Fsp3) is 0.750. The number of nitrogens with two attached hydrogens (primary N) is 1. The Labute approximate surface area is 81.8 Å². The quantitative estimate of drug-likeness (QED) is 0.773. The molecule has 0 saturated carbocycles. The molecule has 4 nitrogen and oxygen atoms in total. The highest BCUT2D eigenvalue weighted by Gasteiger charge is 2.21. The van der Waals surface area contributed by atoms with Gasteiger partial charge in [0.05, 0.1) is 6.54 Å². The van der Waals surface area contributed by atoms with Crippen LogP contribution >= 0.6 is 11.3 Å². The number of nitrogen functional groups attached to an aromatic ring is 1. The van der Waals surface area contributed by atoms with Crippen LogP contribution in [-0.2, 0) is 6.54 Å². The SMILES string of the molecule is CC1CCCN1Cc1nnc(N)s1. The first-order valence-electron chi connectivity index (χ1n) is 4.57. The number of nitrogens with zero attached hydrogens (tertiary/aromatic N) is 3. The number of hydrogen-bond acceptors (Lipinski definition) is 5. The molecule has 2 heterocycles. The summed E-state index contributed by atoms with van der Waals surface area (Å²) < 4.78 is 0. The van der Waals surface area contributed by atoms with Crippen molar-refractivity contribution in [3.63, 3.8) is 0 Å². The molecule has 0 aromatic carbocycles. The molecule has 1 aromatic rings. The Morgan fingerprint density at radius 1 is 1.62 bits per heavy atom. The summed E-state index contributed by atoms with van der Waals surface area (Å²) in [7, 11) is 0. The Balaban J connectivity index is 1.97. The van der Waals surface area contributed by atoms with Crippen LogP contribution in [0.3, 0.4) is 0 Å². The molecule has 0 aliphatic carbocycles. The second-order valence-electron chi connectivity index (χ2n) is 3.50. The Hall–Kier alpha value is -0.680. The van der Waals surface area contributed by atoms with Gasteiger partial charge in [-0.25, -0.2) is 0 Å². The highest BCUT2D eigenvalue weighted by Crippen LogP contribution is 2.21. The number of hydrogen-bond donors (Lipinski definition) is 1. The van der Waals surface area contributed by atoms with E-state index in [2.05, 4.69) is 22.0 Å². The molecule has 13 heavy (non-hydrogen) atoms. The molecule has 1 aliphatic heterocycles. The second kappa shape index (κ2) is 3.59. The van der Waals surface area contributed by atoms with Crippen molar-refractivity contribution < 1.29 is 0 Å². The predicted octanol–water partition coefficient (Wildman–Crippen LogP) is 1.10. The number of rotatable bonds is 2. The number of anilines is 1. The van der Waals surface area contributed by atoms with E-state index in [1.165, 1.54) is 30.7 Å². The molecule has 2 rings (SSSR count).